The molecule has 1 N–H and O–H groups in total. The molecule has 0 spiro atoms. The second kappa shape index (κ2) is 10.7. The van der Waals surface area contributed by atoms with E-state index in [9.17, 15) is 9.59 Å². The number of carbonyl (C=O) groups excluding carboxylic acids is 2. The van der Waals surface area contributed by atoms with Crippen molar-refractivity contribution in [2.24, 2.45) is 11.8 Å². The normalized spacial score (nSPS) is 21.8. The van der Waals surface area contributed by atoms with Gasteiger partial charge in [0.05, 0.1) is 19.8 Å². The Morgan fingerprint density at radius 1 is 1.05 bits per heavy atom. The number of Topliss-reactive ketones (excluding diaryl/α,β-unsaturated/α-hetero) is 1. The molecule has 128 valence electrons. The predicted molar refractivity (Wildman–Crippen MR) is 85.7 cm³/mol. The largest absolute Gasteiger partial charge is 0.379 e. The molecule has 1 aliphatic rings. The summed E-state index contributed by atoms with van der Waals surface area (Å²) in [5, 5.41) is 3.05. The third-order valence-electron chi connectivity index (χ3n) is 4.11. The second-order valence-corrected chi connectivity index (χ2v) is 6.23. The van der Waals surface area contributed by atoms with Crippen LogP contribution in [0.2, 0.25) is 0 Å². The van der Waals surface area contributed by atoms with Gasteiger partial charge in [-0.15, -0.1) is 0 Å². The minimum Gasteiger partial charge on any atom is -0.379 e. The van der Waals surface area contributed by atoms with Crippen molar-refractivity contribution in [1.29, 1.82) is 0 Å². The van der Waals surface area contributed by atoms with E-state index in [2.05, 4.69) is 5.32 Å². The fraction of sp³-hybridized carbons (Fsp3) is 0.882. The minimum absolute atomic E-state index is 0.0371. The number of ether oxygens (including phenoxy) is 2. The molecule has 0 unspecified atom stereocenters. The van der Waals surface area contributed by atoms with Gasteiger partial charge in [0, 0.05) is 30.9 Å². The Balaban J connectivity index is 2.10. The summed E-state index contributed by atoms with van der Waals surface area (Å²) in [6.07, 6.45) is 3.98. The van der Waals surface area contributed by atoms with Crippen molar-refractivity contribution >= 4 is 11.7 Å². The zero-order chi connectivity index (χ0) is 16.4. The van der Waals surface area contributed by atoms with Crippen LogP contribution in [-0.2, 0) is 19.1 Å². The van der Waals surface area contributed by atoms with Gasteiger partial charge in [-0.05, 0) is 32.6 Å². The van der Waals surface area contributed by atoms with E-state index in [1.54, 1.807) is 0 Å². The zero-order valence-electron chi connectivity index (χ0n) is 14.2. The van der Waals surface area contributed by atoms with Gasteiger partial charge in [-0.3, -0.25) is 9.59 Å². The summed E-state index contributed by atoms with van der Waals surface area (Å²) < 4.78 is 10.5. The lowest BCUT2D eigenvalue weighted by Gasteiger charge is -2.29. The van der Waals surface area contributed by atoms with E-state index < -0.39 is 0 Å². The van der Waals surface area contributed by atoms with Crippen molar-refractivity contribution in [1.82, 2.24) is 5.32 Å². The molecule has 0 heterocycles. The van der Waals surface area contributed by atoms with Crippen molar-refractivity contribution in [3.05, 3.63) is 0 Å². The van der Waals surface area contributed by atoms with Gasteiger partial charge in [0.2, 0.25) is 5.91 Å². The molecule has 22 heavy (non-hydrogen) atoms. The molecule has 1 rings (SSSR count). The van der Waals surface area contributed by atoms with Crippen LogP contribution < -0.4 is 5.32 Å². The number of nitrogens with one attached hydrogen (secondary N) is 1. The monoisotopic (exact) mass is 313 g/mol. The van der Waals surface area contributed by atoms with Crippen LogP contribution in [0.4, 0.5) is 0 Å². The van der Waals surface area contributed by atoms with Gasteiger partial charge in [-0.2, -0.15) is 0 Å². The summed E-state index contributed by atoms with van der Waals surface area (Å²) in [5.74, 6) is 0.711. The maximum Gasteiger partial charge on any atom is 0.222 e. The lowest BCUT2D eigenvalue weighted by molar-refractivity contribution is -0.127. The summed E-state index contributed by atoms with van der Waals surface area (Å²) in [6.45, 7) is 8.09. The first kappa shape index (κ1) is 19.1. The Morgan fingerprint density at radius 2 is 1.68 bits per heavy atom. The average molecular weight is 313 g/mol. The molecular formula is C17H31NO4. The van der Waals surface area contributed by atoms with Crippen molar-refractivity contribution in [2.75, 3.05) is 26.4 Å². The first-order chi connectivity index (χ1) is 10.5. The minimum atomic E-state index is 0.0371. The van der Waals surface area contributed by atoms with E-state index in [4.69, 9.17) is 9.47 Å². The topological polar surface area (TPSA) is 64.6 Å². The lowest BCUT2D eigenvalue weighted by atomic mass is 9.80. The number of hydrogen-bond donors (Lipinski definition) is 1. The predicted octanol–water partition coefficient (Wildman–Crippen LogP) is 2.33. The SMILES string of the molecule is CCOCCOCCC(=O)N[C@H]1CC[C@@H](C(=O)C(C)C)CC1. The van der Waals surface area contributed by atoms with E-state index in [0.717, 1.165) is 25.7 Å². The van der Waals surface area contributed by atoms with Crippen molar-refractivity contribution < 1.29 is 19.1 Å². The van der Waals surface area contributed by atoms with Crippen molar-refractivity contribution in [3.8, 4) is 0 Å². The molecule has 1 saturated carbocycles. The summed E-state index contributed by atoms with van der Waals surface area (Å²) in [7, 11) is 0. The lowest BCUT2D eigenvalue weighted by Crippen LogP contribution is -2.39. The van der Waals surface area contributed by atoms with E-state index in [1.165, 1.54) is 0 Å². The molecule has 0 atom stereocenters. The highest BCUT2D eigenvalue weighted by molar-refractivity contribution is 5.83. The van der Waals surface area contributed by atoms with Crippen LogP contribution in [0, 0.1) is 11.8 Å². The van der Waals surface area contributed by atoms with Crippen LogP contribution in [0.5, 0.6) is 0 Å². The Morgan fingerprint density at radius 3 is 2.27 bits per heavy atom. The molecule has 1 fully saturated rings. The van der Waals surface area contributed by atoms with Crippen LogP contribution in [-0.4, -0.2) is 44.2 Å². The van der Waals surface area contributed by atoms with E-state index in [0.29, 0.717) is 38.6 Å². The Labute approximate surface area is 134 Å². The molecule has 1 amide bonds. The third kappa shape index (κ3) is 7.36. The zero-order valence-corrected chi connectivity index (χ0v) is 14.2. The summed E-state index contributed by atoms with van der Waals surface area (Å²) in [6, 6.07) is 0.215. The van der Waals surface area contributed by atoms with Gasteiger partial charge >= 0.3 is 0 Å². The molecule has 0 aromatic heterocycles. The molecule has 0 bridgehead atoms. The van der Waals surface area contributed by atoms with Gasteiger partial charge in [0.25, 0.3) is 0 Å². The van der Waals surface area contributed by atoms with Crippen LogP contribution >= 0.6 is 0 Å². The highest BCUT2D eigenvalue weighted by Crippen LogP contribution is 2.27. The van der Waals surface area contributed by atoms with Crippen LogP contribution in [0.25, 0.3) is 0 Å². The fourth-order valence-electron chi connectivity index (χ4n) is 2.82. The van der Waals surface area contributed by atoms with E-state index in [-0.39, 0.29) is 23.8 Å². The standard InChI is InChI=1S/C17H31NO4/c1-4-21-11-12-22-10-9-16(19)18-15-7-5-14(6-8-15)17(20)13(2)3/h13-15H,4-12H2,1-3H3,(H,18,19)/t14-,15+. The third-order valence-corrected chi connectivity index (χ3v) is 4.11. The van der Waals surface area contributed by atoms with Crippen LogP contribution in [0.1, 0.15) is 52.9 Å². The number of rotatable bonds is 10. The van der Waals surface area contributed by atoms with Crippen molar-refractivity contribution in [2.45, 2.75) is 58.9 Å². The number of ketones is 1. The first-order valence-corrected chi connectivity index (χ1v) is 8.53. The molecule has 0 aliphatic heterocycles. The van der Waals surface area contributed by atoms with Crippen LogP contribution in [0.3, 0.4) is 0 Å². The highest BCUT2D eigenvalue weighted by Gasteiger charge is 2.27. The first-order valence-electron chi connectivity index (χ1n) is 8.53. The van der Waals surface area contributed by atoms with Gasteiger partial charge in [-0.1, -0.05) is 13.8 Å². The molecule has 0 aromatic rings. The molecule has 5 heteroatoms. The molecule has 5 nitrogen and oxygen atoms in total. The molecule has 0 saturated heterocycles. The Hall–Kier alpha value is -0.940. The van der Waals surface area contributed by atoms with E-state index >= 15 is 0 Å². The average Bonchev–Trinajstić information content (AvgIpc) is 2.50. The molecule has 0 radical (unpaired) electrons. The number of carbonyl (C=O) groups is 2. The number of hydrogen-bond acceptors (Lipinski definition) is 4. The molecule has 0 aromatic carbocycles. The summed E-state index contributed by atoms with van der Waals surface area (Å²) in [4.78, 5) is 23.8. The second-order valence-electron chi connectivity index (χ2n) is 6.23. The Kier molecular flexibility index (Phi) is 9.32. The smallest absolute Gasteiger partial charge is 0.222 e. The van der Waals surface area contributed by atoms with Gasteiger partial charge in [-0.25, -0.2) is 0 Å². The molecular weight excluding hydrogens is 282 g/mol. The van der Waals surface area contributed by atoms with Gasteiger partial charge in [0.1, 0.15) is 5.78 Å². The highest BCUT2D eigenvalue weighted by atomic mass is 16.5. The van der Waals surface area contributed by atoms with E-state index in [1.807, 2.05) is 20.8 Å². The molecule has 1 aliphatic carbocycles. The van der Waals surface area contributed by atoms with Gasteiger partial charge < -0.3 is 14.8 Å². The maximum absolute atomic E-state index is 12.0. The maximum atomic E-state index is 12.0. The quantitative estimate of drug-likeness (QED) is 0.629. The summed E-state index contributed by atoms with van der Waals surface area (Å²) >= 11 is 0. The summed E-state index contributed by atoms with van der Waals surface area (Å²) in [5.41, 5.74) is 0. The fourth-order valence-corrected chi connectivity index (χ4v) is 2.82. The van der Waals surface area contributed by atoms with Crippen LogP contribution in [0.15, 0.2) is 0 Å². The Bertz CT molecular complexity index is 336. The van der Waals surface area contributed by atoms with Gasteiger partial charge in [0.15, 0.2) is 0 Å². The number of amides is 1. The van der Waals surface area contributed by atoms with Crippen molar-refractivity contribution in [3.63, 3.8) is 0 Å².